The molecule has 2 atom stereocenters. The molecule has 1 fully saturated rings. The molecule has 0 aliphatic carbocycles. The second kappa shape index (κ2) is 5.81. The number of thiophene rings is 1. The van der Waals surface area contributed by atoms with Gasteiger partial charge in [-0.1, -0.05) is 6.92 Å². The first-order chi connectivity index (χ1) is 8.86. The fraction of sp³-hybridized carbons (Fsp3) is 0.667. The Bertz CT molecular complexity index is 537. The van der Waals surface area contributed by atoms with Gasteiger partial charge in [0.05, 0.1) is 3.79 Å². The van der Waals surface area contributed by atoms with Crippen LogP contribution in [0, 0.1) is 12.8 Å². The minimum Gasteiger partial charge on any atom is -0.317 e. The Morgan fingerprint density at radius 1 is 1.53 bits per heavy atom. The van der Waals surface area contributed by atoms with Crippen LogP contribution in [-0.2, 0) is 10.0 Å². The van der Waals surface area contributed by atoms with Crippen LogP contribution >= 0.6 is 27.3 Å². The van der Waals surface area contributed by atoms with Crippen LogP contribution < -0.4 is 5.32 Å². The number of aryl methyl sites for hydroxylation is 1. The van der Waals surface area contributed by atoms with E-state index in [0.29, 0.717) is 29.3 Å². The Labute approximate surface area is 127 Å². The lowest BCUT2D eigenvalue weighted by atomic mass is 9.96. The predicted octanol–water partition coefficient (Wildman–Crippen LogP) is 2.44. The van der Waals surface area contributed by atoms with E-state index in [4.69, 9.17) is 0 Å². The highest BCUT2D eigenvalue weighted by molar-refractivity contribution is 9.11. The molecule has 4 nitrogen and oxygen atoms in total. The minimum absolute atomic E-state index is 0.332. The van der Waals surface area contributed by atoms with E-state index in [9.17, 15) is 8.42 Å². The summed E-state index contributed by atoms with van der Waals surface area (Å²) in [6.07, 6.45) is 0.864. The van der Waals surface area contributed by atoms with Gasteiger partial charge in [0.15, 0.2) is 0 Å². The molecule has 1 aliphatic heterocycles. The molecule has 0 bridgehead atoms. The normalized spacial score (nSPS) is 25.7. The van der Waals surface area contributed by atoms with E-state index in [1.54, 1.807) is 10.4 Å². The second-order valence-corrected chi connectivity index (χ2v) is 9.58. The summed E-state index contributed by atoms with van der Waals surface area (Å²) < 4.78 is 28.1. The van der Waals surface area contributed by atoms with E-state index < -0.39 is 10.0 Å². The Morgan fingerprint density at radius 2 is 2.21 bits per heavy atom. The van der Waals surface area contributed by atoms with Gasteiger partial charge >= 0.3 is 0 Å². The van der Waals surface area contributed by atoms with Gasteiger partial charge in [-0.3, -0.25) is 0 Å². The van der Waals surface area contributed by atoms with Crippen molar-refractivity contribution in [3.63, 3.8) is 0 Å². The van der Waals surface area contributed by atoms with Crippen molar-refractivity contribution in [1.29, 1.82) is 0 Å². The van der Waals surface area contributed by atoms with Gasteiger partial charge in [-0.2, -0.15) is 4.31 Å². The summed E-state index contributed by atoms with van der Waals surface area (Å²) in [4.78, 5) is 0. The molecular weight excluding hydrogens is 348 g/mol. The van der Waals surface area contributed by atoms with Crippen molar-refractivity contribution in [1.82, 2.24) is 9.62 Å². The van der Waals surface area contributed by atoms with E-state index in [1.807, 2.05) is 14.0 Å². The van der Waals surface area contributed by atoms with Crippen LogP contribution in [0.25, 0.3) is 0 Å². The molecule has 0 spiro atoms. The molecule has 1 N–H and O–H groups in total. The standard InChI is InChI=1S/C12H19BrN2O2S2/c1-8-6-11(18-12(8)13)19(16,17)15-5-4-10(14-3)9(2)7-15/h6,9-10,14H,4-5,7H2,1-3H3. The summed E-state index contributed by atoms with van der Waals surface area (Å²) in [6.45, 7) is 5.18. The molecule has 1 aromatic rings. The molecule has 2 heterocycles. The van der Waals surface area contributed by atoms with Crippen molar-refractivity contribution in [2.75, 3.05) is 20.1 Å². The number of piperidine rings is 1. The third kappa shape index (κ3) is 3.05. The number of hydrogen-bond acceptors (Lipinski definition) is 4. The lowest BCUT2D eigenvalue weighted by Crippen LogP contribution is -2.48. The second-order valence-electron chi connectivity index (χ2n) is 5.05. The van der Waals surface area contributed by atoms with Crippen molar-refractivity contribution < 1.29 is 8.42 Å². The molecule has 108 valence electrons. The number of halogens is 1. The average Bonchev–Trinajstić information content (AvgIpc) is 2.70. The van der Waals surface area contributed by atoms with Crippen LogP contribution in [0.15, 0.2) is 14.1 Å². The zero-order valence-electron chi connectivity index (χ0n) is 11.3. The summed E-state index contributed by atoms with van der Waals surface area (Å²) >= 11 is 4.68. The van der Waals surface area contributed by atoms with Gasteiger partial charge in [-0.25, -0.2) is 8.42 Å². The quantitative estimate of drug-likeness (QED) is 0.893. The molecule has 1 aliphatic rings. The van der Waals surface area contributed by atoms with Gasteiger partial charge in [-0.05, 0) is 53.9 Å². The zero-order chi connectivity index (χ0) is 14.2. The number of rotatable bonds is 3. The molecule has 1 saturated heterocycles. The van der Waals surface area contributed by atoms with Gasteiger partial charge in [-0.15, -0.1) is 11.3 Å². The molecule has 7 heteroatoms. The largest absolute Gasteiger partial charge is 0.317 e. The lowest BCUT2D eigenvalue weighted by molar-refractivity contribution is 0.228. The highest BCUT2D eigenvalue weighted by atomic mass is 79.9. The lowest BCUT2D eigenvalue weighted by Gasteiger charge is -2.35. The third-order valence-corrected chi connectivity index (χ3v) is 8.12. The molecule has 0 aromatic carbocycles. The Morgan fingerprint density at radius 3 is 2.68 bits per heavy atom. The van der Waals surface area contributed by atoms with Crippen molar-refractivity contribution in [2.24, 2.45) is 5.92 Å². The summed E-state index contributed by atoms with van der Waals surface area (Å²) in [5.41, 5.74) is 0.974. The van der Waals surface area contributed by atoms with Gasteiger partial charge in [0.25, 0.3) is 10.0 Å². The maximum Gasteiger partial charge on any atom is 0.252 e. The Balaban J connectivity index is 2.22. The fourth-order valence-electron chi connectivity index (χ4n) is 2.44. The SMILES string of the molecule is CNC1CCN(S(=O)(=O)c2cc(C)c(Br)s2)CC1C. The first-order valence-corrected chi connectivity index (χ1v) is 9.34. The fourth-order valence-corrected chi connectivity index (χ4v) is 6.38. The van der Waals surface area contributed by atoms with E-state index in [1.165, 1.54) is 11.3 Å². The topological polar surface area (TPSA) is 49.4 Å². The van der Waals surface area contributed by atoms with Gasteiger partial charge in [0.1, 0.15) is 4.21 Å². The minimum atomic E-state index is -3.33. The molecular formula is C12H19BrN2O2S2. The number of hydrogen-bond donors (Lipinski definition) is 1. The predicted molar refractivity (Wildman–Crippen MR) is 82.1 cm³/mol. The molecule has 2 rings (SSSR count). The average molecular weight is 367 g/mol. The van der Waals surface area contributed by atoms with Gasteiger partial charge in [0, 0.05) is 19.1 Å². The van der Waals surface area contributed by atoms with E-state index in [-0.39, 0.29) is 0 Å². The number of sulfonamides is 1. The zero-order valence-corrected chi connectivity index (χ0v) is 14.5. The number of nitrogens with zero attached hydrogens (tertiary/aromatic N) is 1. The molecule has 0 amide bonds. The van der Waals surface area contributed by atoms with Crippen LogP contribution in [0.1, 0.15) is 18.9 Å². The molecule has 19 heavy (non-hydrogen) atoms. The van der Waals surface area contributed by atoms with Crippen LogP contribution in [0.5, 0.6) is 0 Å². The van der Waals surface area contributed by atoms with Crippen molar-refractivity contribution in [3.05, 3.63) is 15.4 Å². The van der Waals surface area contributed by atoms with Crippen molar-refractivity contribution in [3.8, 4) is 0 Å². The first-order valence-electron chi connectivity index (χ1n) is 6.29. The monoisotopic (exact) mass is 366 g/mol. The molecule has 2 unspecified atom stereocenters. The Kier molecular flexibility index (Phi) is 4.72. The van der Waals surface area contributed by atoms with E-state index in [0.717, 1.165) is 15.8 Å². The van der Waals surface area contributed by atoms with E-state index in [2.05, 4.69) is 28.2 Å². The highest BCUT2D eigenvalue weighted by Crippen LogP contribution is 2.33. The summed E-state index contributed by atoms with van der Waals surface area (Å²) in [5.74, 6) is 0.332. The molecule has 1 aromatic heterocycles. The molecule has 0 saturated carbocycles. The van der Waals surface area contributed by atoms with Crippen LogP contribution in [-0.4, -0.2) is 38.9 Å². The molecule has 0 radical (unpaired) electrons. The third-order valence-electron chi connectivity index (χ3n) is 3.67. The first kappa shape index (κ1) is 15.4. The summed E-state index contributed by atoms with van der Waals surface area (Å²) in [5, 5.41) is 3.25. The summed E-state index contributed by atoms with van der Waals surface area (Å²) in [6, 6.07) is 2.15. The smallest absolute Gasteiger partial charge is 0.252 e. The van der Waals surface area contributed by atoms with Crippen molar-refractivity contribution >= 4 is 37.3 Å². The van der Waals surface area contributed by atoms with Crippen LogP contribution in [0.3, 0.4) is 0 Å². The van der Waals surface area contributed by atoms with Crippen LogP contribution in [0.2, 0.25) is 0 Å². The van der Waals surface area contributed by atoms with Gasteiger partial charge in [0.2, 0.25) is 0 Å². The van der Waals surface area contributed by atoms with Crippen LogP contribution in [0.4, 0.5) is 0 Å². The Hall–Kier alpha value is 0.0500. The number of nitrogens with one attached hydrogen (secondary N) is 1. The van der Waals surface area contributed by atoms with Gasteiger partial charge < -0.3 is 5.32 Å². The highest BCUT2D eigenvalue weighted by Gasteiger charge is 2.33. The summed E-state index contributed by atoms with van der Waals surface area (Å²) in [7, 11) is -1.40. The van der Waals surface area contributed by atoms with Crippen molar-refractivity contribution in [2.45, 2.75) is 30.5 Å². The maximum absolute atomic E-state index is 12.6. The van der Waals surface area contributed by atoms with E-state index >= 15 is 0 Å². The maximum atomic E-state index is 12.6.